The van der Waals surface area contributed by atoms with Crippen LogP contribution in [-0.4, -0.2) is 11.8 Å². The molecule has 1 heterocycles. The Labute approximate surface area is 87.9 Å². The van der Waals surface area contributed by atoms with E-state index in [1.807, 2.05) is 13.0 Å². The number of thioether (sulfide) groups is 1. The van der Waals surface area contributed by atoms with Crippen molar-refractivity contribution in [2.45, 2.75) is 30.2 Å². The minimum absolute atomic E-state index is 0.138. The van der Waals surface area contributed by atoms with Gasteiger partial charge in [-0.25, -0.2) is 4.39 Å². The summed E-state index contributed by atoms with van der Waals surface area (Å²) in [6, 6.07) is 5.24. The molecule has 0 spiro atoms. The fourth-order valence-electron chi connectivity index (χ4n) is 1.89. The number of benzene rings is 1. The van der Waals surface area contributed by atoms with Gasteiger partial charge in [-0.2, -0.15) is 0 Å². The molecule has 2 N–H and O–H groups in total. The lowest BCUT2D eigenvalue weighted by molar-refractivity contribution is 0.581. The van der Waals surface area contributed by atoms with E-state index in [2.05, 4.69) is 0 Å². The summed E-state index contributed by atoms with van der Waals surface area (Å²) in [4.78, 5) is 1.22. The fraction of sp³-hybridized carbons (Fsp3) is 0.455. The largest absolute Gasteiger partial charge is 0.328 e. The van der Waals surface area contributed by atoms with E-state index in [4.69, 9.17) is 5.73 Å². The van der Waals surface area contributed by atoms with E-state index in [-0.39, 0.29) is 11.9 Å². The smallest absolute Gasteiger partial charge is 0.123 e. The van der Waals surface area contributed by atoms with Crippen molar-refractivity contribution in [2.24, 2.45) is 5.73 Å². The lowest BCUT2D eigenvalue weighted by Gasteiger charge is -2.12. The first-order valence-electron chi connectivity index (χ1n) is 4.84. The lowest BCUT2D eigenvalue weighted by Crippen LogP contribution is -2.18. The molecule has 0 fully saturated rings. The Kier molecular flexibility index (Phi) is 2.79. The second-order valence-electron chi connectivity index (χ2n) is 3.90. The standard InChI is InChI=1S/C11H14FNS/c1-7(13)4-8-6-14-11-3-2-9(12)5-10(8)11/h2-3,5,7-8H,4,6,13H2,1H3. The van der Waals surface area contributed by atoms with Gasteiger partial charge in [-0.1, -0.05) is 0 Å². The highest BCUT2D eigenvalue weighted by molar-refractivity contribution is 7.99. The molecule has 1 aromatic carbocycles. The maximum absolute atomic E-state index is 13.0. The third-order valence-electron chi connectivity index (χ3n) is 2.51. The molecule has 0 radical (unpaired) electrons. The van der Waals surface area contributed by atoms with Crippen molar-refractivity contribution in [1.29, 1.82) is 0 Å². The van der Waals surface area contributed by atoms with Crippen LogP contribution >= 0.6 is 11.8 Å². The molecule has 0 aromatic heterocycles. The predicted octanol–water partition coefficient (Wildman–Crippen LogP) is 2.75. The summed E-state index contributed by atoms with van der Waals surface area (Å²) in [5.74, 6) is 1.34. The Hall–Kier alpha value is -0.540. The fourth-order valence-corrected chi connectivity index (χ4v) is 3.15. The summed E-state index contributed by atoms with van der Waals surface area (Å²) in [6.07, 6.45) is 0.948. The lowest BCUT2D eigenvalue weighted by atomic mass is 9.95. The van der Waals surface area contributed by atoms with E-state index in [0.717, 1.165) is 17.7 Å². The van der Waals surface area contributed by atoms with Gasteiger partial charge in [0.15, 0.2) is 0 Å². The Morgan fingerprint density at radius 3 is 3.14 bits per heavy atom. The highest BCUT2D eigenvalue weighted by atomic mass is 32.2. The second-order valence-corrected chi connectivity index (χ2v) is 4.96. The van der Waals surface area contributed by atoms with Gasteiger partial charge in [-0.05, 0) is 43.0 Å². The van der Waals surface area contributed by atoms with Gasteiger partial charge in [-0.15, -0.1) is 11.8 Å². The van der Waals surface area contributed by atoms with Crippen LogP contribution < -0.4 is 5.73 Å². The van der Waals surface area contributed by atoms with Gasteiger partial charge in [0, 0.05) is 16.7 Å². The van der Waals surface area contributed by atoms with Gasteiger partial charge in [0.25, 0.3) is 0 Å². The molecule has 2 atom stereocenters. The summed E-state index contributed by atoms with van der Waals surface area (Å²) in [5, 5.41) is 0. The molecule has 76 valence electrons. The van der Waals surface area contributed by atoms with Crippen LogP contribution in [0.2, 0.25) is 0 Å². The van der Waals surface area contributed by atoms with Crippen LogP contribution in [0.1, 0.15) is 24.8 Å². The molecule has 1 aliphatic heterocycles. The first kappa shape index (κ1) is 9.99. The monoisotopic (exact) mass is 211 g/mol. The molecule has 0 bridgehead atoms. The van der Waals surface area contributed by atoms with E-state index in [1.54, 1.807) is 17.8 Å². The maximum Gasteiger partial charge on any atom is 0.123 e. The van der Waals surface area contributed by atoms with Gasteiger partial charge in [0.05, 0.1) is 0 Å². The molecule has 14 heavy (non-hydrogen) atoms. The summed E-state index contributed by atoms with van der Waals surface area (Å²) < 4.78 is 13.0. The van der Waals surface area contributed by atoms with Gasteiger partial charge >= 0.3 is 0 Å². The van der Waals surface area contributed by atoms with Gasteiger partial charge < -0.3 is 5.73 Å². The van der Waals surface area contributed by atoms with Gasteiger partial charge in [0.2, 0.25) is 0 Å². The van der Waals surface area contributed by atoms with Crippen molar-refractivity contribution in [1.82, 2.24) is 0 Å². The first-order valence-corrected chi connectivity index (χ1v) is 5.83. The van der Waals surface area contributed by atoms with Crippen molar-refractivity contribution < 1.29 is 4.39 Å². The summed E-state index contributed by atoms with van der Waals surface area (Å²) in [5.41, 5.74) is 6.91. The SMILES string of the molecule is CC(N)CC1CSc2ccc(F)cc21. The molecule has 2 rings (SSSR count). The van der Waals surface area contributed by atoms with Crippen LogP contribution in [0.5, 0.6) is 0 Å². The Balaban J connectivity index is 2.24. The zero-order chi connectivity index (χ0) is 10.1. The molecule has 3 heteroatoms. The molecule has 0 saturated carbocycles. The molecule has 0 aliphatic carbocycles. The van der Waals surface area contributed by atoms with Crippen LogP contribution in [-0.2, 0) is 0 Å². The average Bonchev–Trinajstić information content (AvgIpc) is 2.47. The van der Waals surface area contributed by atoms with Crippen molar-refractivity contribution in [3.8, 4) is 0 Å². The summed E-state index contributed by atoms with van der Waals surface area (Å²) in [6.45, 7) is 2.00. The molecule has 1 nitrogen and oxygen atoms in total. The Morgan fingerprint density at radius 2 is 2.43 bits per heavy atom. The van der Waals surface area contributed by atoms with Crippen LogP contribution in [0.3, 0.4) is 0 Å². The maximum atomic E-state index is 13.0. The van der Waals surface area contributed by atoms with Gasteiger partial charge in [-0.3, -0.25) is 0 Å². The third-order valence-corrected chi connectivity index (χ3v) is 3.76. The van der Waals surface area contributed by atoms with Gasteiger partial charge in [0.1, 0.15) is 5.82 Å². The number of nitrogens with two attached hydrogens (primary N) is 1. The number of hydrogen-bond acceptors (Lipinski definition) is 2. The molecule has 1 aliphatic rings. The normalized spacial score (nSPS) is 22.1. The number of rotatable bonds is 2. The average molecular weight is 211 g/mol. The number of fused-ring (bicyclic) bond motifs is 1. The Bertz CT molecular complexity index is 338. The summed E-state index contributed by atoms with van der Waals surface area (Å²) >= 11 is 1.80. The third kappa shape index (κ3) is 1.93. The number of halogens is 1. The molecular formula is C11H14FNS. The quantitative estimate of drug-likeness (QED) is 0.814. The zero-order valence-corrected chi connectivity index (χ0v) is 8.98. The molecule has 0 amide bonds. The molecule has 2 unspecified atom stereocenters. The van der Waals surface area contributed by atoms with Crippen LogP contribution in [0.25, 0.3) is 0 Å². The van der Waals surface area contributed by atoms with E-state index in [9.17, 15) is 4.39 Å². The minimum atomic E-state index is -0.138. The minimum Gasteiger partial charge on any atom is -0.328 e. The predicted molar refractivity (Wildman–Crippen MR) is 58.1 cm³/mol. The van der Waals surface area contributed by atoms with E-state index in [0.29, 0.717) is 5.92 Å². The second kappa shape index (κ2) is 3.91. The van der Waals surface area contributed by atoms with Crippen molar-refractivity contribution in [3.05, 3.63) is 29.6 Å². The van der Waals surface area contributed by atoms with E-state index >= 15 is 0 Å². The highest BCUT2D eigenvalue weighted by Crippen LogP contribution is 2.41. The molecular weight excluding hydrogens is 197 g/mol. The molecule has 1 aromatic rings. The van der Waals surface area contributed by atoms with Crippen molar-refractivity contribution >= 4 is 11.8 Å². The molecule has 0 saturated heterocycles. The number of hydrogen-bond donors (Lipinski definition) is 1. The zero-order valence-electron chi connectivity index (χ0n) is 8.16. The van der Waals surface area contributed by atoms with Crippen LogP contribution in [0.4, 0.5) is 4.39 Å². The van der Waals surface area contributed by atoms with Crippen LogP contribution in [0.15, 0.2) is 23.1 Å². The topological polar surface area (TPSA) is 26.0 Å². The van der Waals surface area contributed by atoms with Crippen molar-refractivity contribution in [2.75, 3.05) is 5.75 Å². The summed E-state index contributed by atoms with van der Waals surface area (Å²) in [7, 11) is 0. The first-order chi connectivity index (χ1) is 6.66. The van der Waals surface area contributed by atoms with Crippen LogP contribution in [0, 0.1) is 5.82 Å². The van der Waals surface area contributed by atoms with E-state index in [1.165, 1.54) is 11.0 Å². The highest BCUT2D eigenvalue weighted by Gasteiger charge is 2.24. The van der Waals surface area contributed by atoms with E-state index < -0.39 is 0 Å². The van der Waals surface area contributed by atoms with Crippen molar-refractivity contribution in [3.63, 3.8) is 0 Å². The Morgan fingerprint density at radius 1 is 1.64 bits per heavy atom.